The van der Waals surface area contributed by atoms with Crippen LogP contribution in [0.1, 0.15) is 0 Å². The molecule has 0 bridgehead atoms. The van der Waals surface area contributed by atoms with Crippen molar-refractivity contribution in [3.63, 3.8) is 0 Å². The third-order valence-corrected chi connectivity index (χ3v) is 2.45. The lowest BCUT2D eigenvalue weighted by atomic mass is 10.3. The Balaban J connectivity index is 2.71. The van der Waals surface area contributed by atoms with Crippen molar-refractivity contribution in [2.45, 2.75) is 0 Å². The Morgan fingerprint density at radius 2 is 2.08 bits per heavy atom. The van der Waals surface area contributed by atoms with Gasteiger partial charge in [-0.05, 0) is 12.1 Å². The molecule has 0 radical (unpaired) electrons. The monoisotopic (exact) mass is 235 g/mol. The van der Waals surface area contributed by atoms with Crippen molar-refractivity contribution in [3.05, 3.63) is 39.9 Å². The second-order valence-corrected chi connectivity index (χ2v) is 3.38. The van der Waals surface area contributed by atoms with E-state index in [1.807, 2.05) is 12.1 Å². The Kier molecular flexibility index (Phi) is 4.43. The molecule has 0 fully saturated rings. The van der Waals surface area contributed by atoms with Gasteiger partial charge in [0, 0.05) is 12.1 Å². The number of hydrogen-bond donors (Lipinski definition) is 1. The van der Waals surface area contributed by atoms with E-state index >= 15 is 0 Å². The molecule has 13 heavy (non-hydrogen) atoms. The van der Waals surface area contributed by atoms with Gasteiger partial charge in [-0.3, -0.25) is 0 Å². The summed E-state index contributed by atoms with van der Waals surface area (Å²) in [6.45, 7) is 0.629. The van der Waals surface area contributed by atoms with Gasteiger partial charge < -0.3 is 5.32 Å². The molecule has 1 rings (SSSR count). The Morgan fingerprint density at radius 1 is 1.31 bits per heavy atom. The van der Waals surface area contributed by atoms with Crippen molar-refractivity contribution in [1.29, 1.82) is 0 Å². The summed E-state index contributed by atoms with van der Waals surface area (Å²) in [5.74, 6) is 0. The number of rotatable bonds is 3. The molecule has 0 saturated carbocycles. The Hall–Kier alpha value is -0.370. The Morgan fingerprint density at radius 3 is 2.77 bits per heavy atom. The van der Waals surface area contributed by atoms with E-state index in [1.54, 1.807) is 12.1 Å². The lowest BCUT2D eigenvalue weighted by Gasteiger charge is -2.06. The van der Waals surface area contributed by atoms with Gasteiger partial charge in [-0.15, -0.1) is 0 Å². The molecular weight excluding hydrogens is 228 g/mol. The third kappa shape index (κ3) is 3.11. The van der Waals surface area contributed by atoms with Crippen LogP contribution in [0.2, 0.25) is 10.0 Å². The average Bonchev–Trinajstić information content (AvgIpc) is 2.13. The standard InChI is InChI=1S/C9H8Cl3N/c10-5-2-6-13-8-4-1-3-7(11)9(8)12/h1-5,13H,6H2/b5-2+. The first-order chi connectivity index (χ1) is 6.25. The van der Waals surface area contributed by atoms with Crippen molar-refractivity contribution in [1.82, 2.24) is 0 Å². The maximum absolute atomic E-state index is 5.92. The highest BCUT2D eigenvalue weighted by Gasteiger charge is 2.01. The fourth-order valence-corrected chi connectivity index (χ4v) is 1.31. The van der Waals surface area contributed by atoms with Gasteiger partial charge in [0.2, 0.25) is 0 Å². The van der Waals surface area contributed by atoms with E-state index in [9.17, 15) is 0 Å². The molecule has 0 spiro atoms. The number of hydrogen-bond acceptors (Lipinski definition) is 1. The molecule has 0 saturated heterocycles. The maximum Gasteiger partial charge on any atom is 0.0823 e. The lowest BCUT2D eigenvalue weighted by Crippen LogP contribution is -1.98. The molecule has 1 N–H and O–H groups in total. The first kappa shape index (κ1) is 10.7. The van der Waals surface area contributed by atoms with Gasteiger partial charge in [-0.25, -0.2) is 0 Å². The van der Waals surface area contributed by atoms with Crippen LogP contribution in [0.25, 0.3) is 0 Å². The molecule has 0 aliphatic rings. The Bertz CT molecular complexity index is 310. The average molecular weight is 237 g/mol. The normalized spacial score (nSPS) is 10.7. The summed E-state index contributed by atoms with van der Waals surface area (Å²) in [5, 5.41) is 4.14. The topological polar surface area (TPSA) is 12.0 Å². The molecule has 1 nitrogen and oxygen atoms in total. The molecule has 0 aliphatic heterocycles. The minimum Gasteiger partial charge on any atom is -0.380 e. The minimum atomic E-state index is 0.534. The van der Waals surface area contributed by atoms with Crippen molar-refractivity contribution in [3.8, 4) is 0 Å². The molecule has 0 heterocycles. The highest BCUT2D eigenvalue weighted by atomic mass is 35.5. The second kappa shape index (κ2) is 5.38. The molecule has 1 aromatic carbocycles. The largest absolute Gasteiger partial charge is 0.380 e. The van der Waals surface area contributed by atoms with Gasteiger partial charge in [0.05, 0.1) is 15.7 Å². The first-order valence-corrected chi connectivity index (χ1v) is 4.88. The molecular formula is C9H8Cl3N. The molecule has 0 aromatic heterocycles. The SMILES string of the molecule is Cl/C=C/CNc1cccc(Cl)c1Cl. The summed E-state index contributed by atoms with van der Waals surface area (Å²) in [6, 6.07) is 5.43. The van der Waals surface area contributed by atoms with E-state index in [0.717, 1.165) is 5.69 Å². The lowest BCUT2D eigenvalue weighted by molar-refractivity contribution is 1.34. The van der Waals surface area contributed by atoms with Crippen LogP contribution in [-0.2, 0) is 0 Å². The molecule has 4 heteroatoms. The summed E-state index contributed by atoms with van der Waals surface area (Å²) in [5.41, 5.74) is 2.26. The van der Waals surface area contributed by atoms with Crippen LogP contribution in [0.15, 0.2) is 29.8 Å². The van der Waals surface area contributed by atoms with Crippen molar-refractivity contribution >= 4 is 40.5 Å². The zero-order chi connectivity index (χ0) is 9.68. The highest BCUT2D eigenvalue weighted by Crippen LogP contribution is 2.29. The number of benzene rings is 1. The van der Waals surface area contributed by atoms with Gasteiger partial charge in [-0.2, -0.15) is 0 Å². The van der Waals surface area contributed by atoms with Gasteiger partial charge in [0.1, 0.15) is 0 Å². The summed E-state index contributed by atoms with van der Waals surface area (Å²) in [6.07, 6.45) is 1.78. The fourth-order valence-electron chi connectivity index (χ4n) is 0.854. The van der Waals surface area contributed by atoms with Crippen LogP contribution in [-0.4, -0.2) is 6.54 Å². The second-order valence-electron chi connectivity index (χ2n) is 2.34. The van der Waals surface area contributed by atoms with Gasteiger partial charge >= 0.3 is 0 Å². The number of anilines is 1. The van der Waals surface area contributed by atoms with Crippen molar-refractivity contribution < 1.29 is 0 Å². The van der Waals surface area contributed by atoms with Gasteiger partial charge in [-0.1, -0.05) is 46.9 Å². The van der Waals surface area contributed by atoms with E-state index in [0.29, 0.717) is 16.6 Å². The predicted molar refractivity (Wildman–Crippen MR) is 59.9 cm³/mol. The van der Waals surface area contributed by atoms with Crippen LogP contribution in [0.4, 0.5) is 5.69 Å². The molecule has 70 valence electrons. The molecule has 0 amide bonds. The zero-order valence-electron chi connectivity index (χ0n) is 6.73. The minimum absolute atomic E-state index is 0.534. The number of nitrogens with one attached hydrogen (secondary N) is 1. The van der Waals surface area contributed by atoms with E-state index < -0.39 is 0 Å². The fraction of sp³-hybridized carbons (Fsp3) is 0.111. The predicted octanol–water partition coefficient (Wildman–Crippen LogP) is 4.16. The van der Waals surface area contributed by atoms with Crippen LogP contribution >= 0.6 is 34.8 Å². The van der Waals surface area contributed by atoms with Crippen LogP contribution in [0.5, 0.6) is 0 Å². The van der Waals surface area contributed by atoms with Gasteiger partial charge in [0.15, 0.2) is 0 Å². The summed E-state index contributed by atoms with van der Waals surface area (Å²) < 4.78 is 0. The van der Waals surface area contributed by atoms with Gasteiger partial charge in [0.25, 0.3) is 0 Å². The van der Waals surface area contributed by atoms with E-state index in [2.05, 4.69) is 5.32 Å². The molecule has 1 aromatic rings. The highest BCUT2D eigenvalue weighted by molar-refractivity contribution is 6.43. The quantitative estimate of drug-likeness (QED) is 0.831. The maximum atomic E-state index is 5.92. The van der Waals surface area contributed by atoms with Crippen LogP contribution < -0.4 is 5.32 Å². The third-order valence-electron chi connectivity index (χ3n) is 1.45. The van der Waals surface area contributed by atoms with Crippen LogP contribution in [0.3, 0.4) is 0 Å². The molecule has 0 aliphatic carbocycles. The van der Waals surface area contributed by atoms with Crippen LogP contribution in [0, 0.1) is 0 Å². The smallest absolute Gasteiger partial charge is 0.0823 e. The van der Waals surface area contributed by atoms with E-state index in [-0.39, 0.29) is 0 Å². The zero-order valence-corrected chi connectivity index (χ0v) is 9.00. The summed E-state index contributed by atoms with van der Waals surface area (Å²) in [4.78, 5) is 0. The first-order valence-electron chi connectivity index (χ1n) is 3.69. The Labute approximate surface area is 92.3 Å². The summed E-state index contributed by atoms with van der Waals surface area (Å²) >= 11 is 17.1. The van der Waals surface area contributed by atoms with Crippen molar-refractivity contribution in [2.75, 3.05) is 11.9 Å². The van der Waals surface area contributed by atoms with E-state index in [1.165, 1.54) is 5.54 Å². The number of halogens is 3. The summed E-state index contributed by atoms with van der Waals surface area (Å²) in [7, 11) is 0. The van der Waals surface area contributed by atoms with Crippen molar-refractivity contribution in [2.24, 2.45) is 0 Å². The van der Waals surface area contributed by atoms with E-state index in [4.69, 9.17) is 34.8 Å². The molecule has 0 atom stereocenters. The molecule has 0 unspecified atom stereocenters.